The second-order valence-corrected chi connectivity index (χ2v) is 3.06. The van der Waals surface area contributed by atoms with Gasteiger partial charge in [-0.15, -0.1) is 0 Å². The zero-order valence-corrected chi connectivity index (χ0v) is 7.90. The quantitative estimate of drug-likeness (QED) is 0.766. The summed E-state index contributed by atoms with van der Waals surface area (Å²) in [4.78, 5) is 15.3. The van der Waals surface area contributed by atoms with Crippen LogP contribution in [0.15, 0.2) is 24.4 Å². The van der Waals surface area contributed by atoms with Crippen molar-refractivity contribution in [2.45, 2.75) is 13.3 Å². The van der Waals surface area contributed by atoms with Crippen LogP contribution in [-0.4, -0.2) is 15.3 Å². The molecule has 4 heteroatoms. The first kappa shape index (κ1) is 8.74. The molecule has 0 radical (unpaired) electrons. The van der Waals surface area contributed by atoms with Crippen LogP contribution in [0.2, 0.25) is 0 Å². The van der Waals surface area contributed by atoms with Crippen LogP contribution in [0, 0.1) is 0 Å². The zero-order chi connectivity index (χ0) is 10.1. The number of carbonyl (C=O) groups excluding carboxylic acids is 1. The van der Waals surface area contributed by atoms with E-state index in [-0.39, 0.29) is 0 Å². The molecule has 0 atom stereocenters. The van der Waals surface area contributed by atoms with E-state index in [0.29, 0.717) is 5.82 Å². The molecule has 0 aliphatic rings. The Bertz CT molecular complexity index is 487. The molecule has 2 N–H and O–H groups in total. The van der Waals surface area contributed by atoms with E-state index in [1.54, 1.807) is 10.6 Å². The second-order valence-electron chi connectivity index (χ2n) is 3.06. The number of fused-ring (bicyclic) bond motifs is 1. The van der Waals surface area contributed by atoms with Crippen molar-refractivity contribution in [2.24, 2.45) is 5.73 Å². The molecule has 0 saturated heterocycles. The van der Waals surface area contributed by atoms with Crippen molar-refractivity contribution in [1.82, 2.24) is 9.38 Å². The van der Waals surface area contributed by atoms with E-state index in [9.17, 15) is 4.79 Å². The molecule has 0 bridgehead atoms. The summed E-state index contributed by atoms with van der Waals surface area (Å²) >= 11 is 0. The molecule has 0 saturated carbocycles. The third-order valence-electron chi connectivity index (χ3n) is 2.18. The van der Waals surface area contributed by atoms with E-state index in [2.05, 4.69) is 4.98 Å². The number of amides is 1. The lowest BCUT2D eigenvalue weighted by Gasteiger charge is -1.95. The number of nitrogens with zero attached hydrogens (tertiary/aromatic N) is 2. The van der Waals surface area contributed by atoms with E-state index in [0.717, 1.165) is 17.6 Å². The van der Waals surface area contributed by atoms with Gasteiger partial charge in [-0.1, -0.05) is 13.0 Å². The summed E-state index contributed by atoms with van der Waals surface area (Å²) in [7, 11) is 0. The molecule has 72 valence electrons. The lowest BCUT2D eigenvalue weighted by atomic mass is 10.3. The molecule has 0 aliphatic heterocycles. The summed E-state index contributed by atoms with van der Waals surface area (Å²) in [5.74, 6) is -0.191. The Hall–Kier alpha value is -1.84. The van der Waals surface area contributed by atoms with Gasteiger partial charge in [-0.2, -0.15) is 0 Å². The average molecular weight is 189 g/mol. The minimum Gasteiger partial charge on any atom is -0.363 e. The molecular formula is C10H11N3O. The zero-order valence-electron chi connectivity index (χ0n) is 7.90. The number of imidazole rings is 1. The van der Waals surface area contributed by atoms with Gasteiger partial charge < -0.3 is 5.73 Å². The maximum absolute atomic E-state index is 11.1. The number of rotatable bonds is 2. The van der Waals surface area contributed by atoms with Crippen molar-refractivity contribution in [3.8, 4) is 0 Å². The molecule has 14 heavy (non-hydrogen) atoms. The van der Waals surface area contributed by atoms with E-state index >= 15 is 0 Å². The summed E-state index contributed by atoms with van der Waals surface area (Å²) in [6, 6.07) is 5.69. The molecular weight excluding hydrogens is 178 g/mol. The van der Waals surface area contributed by atoms with Gasteiger partial charge >= 0.3 is 0 Å². The number of carbonyl (C=O) groups is 1. The molecule has 0 unspecified atom stereocenters. The highest BCUT2D eigenvalue weighted by molar-refractivity contribution is 5.90. The number of hydrogen-bond acceptors (Lipinski definition) is 2. The van der Waals surface area contributed by atoms with Crippen LogP contribution in [0.5, 0.6) is 0 Å². The molecule has 2 heterocycles. The molecule has 0 aromatic carbocycles. The van der Waals surface area contributed by atoms with Gasteiger partial charge in [-0.05, 0) is 18.6 Å². The summed E-state index contributed by atoms with van der Waals surface area (Å²) in [6.07, 6.45) is 2.59. The van der Waals surface area contributed by atoms with E-state index in [4.69, 9.17) is 5.73 Å². The average Bonchev–Trinajstić information content (AvgIpc) is 2.56. The standard InChI is InChI=1S/C10H11N3O/c1-2-7-8-5-3-4-6-13(8)10(12-7)9(11)14/h3-6H,2H2,1H3,(H2,11,14). The van der Waals surface area contributed by atoms with Gasteiger partial charge in [0.25, 0.3) is 5.91 Å². The van der Waals surface area contributed by atoms with Crippen molar-refractivity contribution >= 4 is 11.4 Å². The minimum absolute atomic E-state index is 0.303. The smallest absolute Gasteiger partial charge is 0.285 e. The predicted molar refractivity (Wildman–Crippen MR) is 53.1 cm³/mol. The monoisotopic (exact) mass is 189 g/mol. The molecule has 2 aromatic heterocycles. The summed E-state index contributed by atoms with van der Waals surface area (Å²) in [5.41, 5.74) is 7.08. The molecule has 0 spiro atoms. The van der Waals surface area contributed by atoms with Gasteiger partial charge in [0.05, 0.1) is 11.2 Å². The molecule has 2 aromatic rings. The van der Waals surface area contributed by atoms with Crippen LogP contribution in [0.3, 0.4) is 0 Å². The second kappa shape index (κ2) is 3.14. The fourth-order valence-electron chi connectivity index (χ4n) is 1.54. The Balaban J connectivity index is 2.80. The highest BCUT2D eigenvalue weighted by atomic mass is 16.1. The Labute approximate surface area is 81.4 Å². The minimum atomic E-state index is -0.495. The number of pyridine rings is 1. The number of hydrogen-bond donors (Lipinski definition) is 1. The molecule has 2 rings (SSSR count). The Kier molecular flexibility index (Phi) is 1.96. The van der Waals surface area contributed by atoms with Crippen molar-refractivity contribution in [3.05, 3.63) is 35.9 Å². The molecule has 1 amide bonds. The van der Waals surface area contributed by atoms with E-state index < -0.39 is 5.91 Å². The van der Waals surface area contributed by atoms with Gasteiger partial charge in [0.15, 0.2) is 0 Å². The van der Waals surface area contributed by atoms with Crippen molar-refractivity contribution in [2.75, 3.05) is 0 Å². The molecule has 0 aliphatic carbocycles. The first-order chi connectivity index (χ1) is 6.74. The highest BCUT2D eigenvalue weighted by Gasteiger charge is 2.12. The number of primary amides is 1. The first-order valence-electron chi connectivity index (χ1n) is 4.49. The lowest BCUT2D eigenvalue weighted by molar-refractivity contribution is 0.0990. The van der Waals surface area contributed by atoms with Crippen molar-refractivity contribution in [1.29, 1.82) is 0 Å². The normalized spacial score (nSPS) is 10.6. The fraction of sp³-hybridized carbons (Fsp3) is 0.200. The number of nitrogens with two attached hydrogens (primary N) is 1. The van der Waals surface area contributed by atoms with Crippen LogP contribution < -0.4 is 5.73 Å². The fourth-order valence-corrected chi connectivity index (χ4v) is 1.54. The Morgan fingerprint density at radius 1 is 1.57 bits per heavy atom. The maximum atomic E-state index is 11.1. The first-order valence-corrected chi connectivity index (χ1v) is 4.49. The molecule has 4 nitrogen and oxygen atoms in total. The van der Waals surface area contributed by atoms with Crippen LogP contribution in [0.4, 0.5) is 0 Å². The van der Waals surface area contributed by atoms with Crippen LogP contribution >= 0.6 is 0 Å². The van der Waals surface area contributed by atoms with E-state index in [1.807, 2.05) is 25.1 Å². The highest BCUT2D eigenvalue weighted by Crippen LogP contribution is 2.12. The summed E-state index contributed by atoms with van der Waals surface area (Å²) in [6.45, 7) is 2.00. The lowest BCUT2D eigenvalue weighted by Crippen LogP contribution is -2.15. The third kappa shape index (κ3) is 1.16. The van der Waals surface area contributed by atoms with E-state index in [1.165, 1.54) is 0 Å². The van der Waals surface area contributed by atoms with Gasteiger partial charge in [0, 0.05) is 6.20 Å². The summed E-state index contributed by atoms with van der Waals surface area (Å²) < 4.78 is 1.72. The molecule has 0 fully saturated rings. The topological polar surface area (TPSA) is 60.4 Å². The van der Waals surface area contributed by atoms with Gasteiger partial charge in [0.1, 0.15) is 0 Å². The summed E-state index contributed by atoms with van der Waals surface area (Å²) in [5, 5.41) is 0. The number of aromatic nitrogens is 2. The SMILES string of the molecule is CCc1nc(C(N)=O)n2ccccc12. The van der Waals surface area contributed by atoms with Crippen molar-refractivity contribution < 1.29 is 4.79 Å². The van der Waals surface area contributed by atoms with Crippen LogP contribution in [0.25, 0.3) is 5.52 Å². The van der Waals surface area contributed by atoms with Crippen LogP contribution in [-0.2, 0) is 6.42 Å². The van der Waals surface area contributed by atoms with Gasteiger partial charge in [-0.3, -0.25) is 9.20 Å². The largest absolute Gasteiger partial charge is 0.363 e. The Morgan fingerprint density at radius 3 is 3.00 bits per heavy atom. The third-order valence-corrected chi connectivity index (χ3v) is 2.18. The predicted octanol–water partition coefficient (Wildman–Crippen LogP) is 0.996. The van der Waals surface area contributed by atoms with Crippen LogP contribution in [0.1, 0.15) is 23.2 Å². The Morgan fingerprint density at radius 2 is 2.36 bits per heavy atom. The number of aryl methyl sites for hydroxylation is 1. The maximum Gasteiger partial charge on any atom is 0.285 e. The van der Waals surface area contributed by atoms with Crippen molar-refractivity contribution in [3.63, 3.8) is 0 Å². The van der Waals surface area contributed by atoms with Gasteiger partial charge in [0.2, 0.25) is 5.82 Å². The van der Waals surface area contributed by atoms with Gasteiger partial charge in [-0.25, -0.2) is 4.98 Å².